The Morgan fingerprint density at radius 3 is 2.67 bits per heavy atom. The average Bonchev–Trinajstić information content (AvgIpc) is 3.07. The van der Waals surface area contributed by atoms with Crippen LogP contribution in [0.15, 0.2) is 16.5 Å². The maximum Gasteiger partial charge on any atom is 0.433 e. The highest BCUT2D eigenvalue weighted by Crippen LogP contribution is 2.39. The number of rotatable bonds is 2. The van der Waals surface area contributed by atoms with Gasteiger partial charge in [0.25, 0.3) is 5.91 Å². The third-order valence-electron chi connectivity index (χ3n) is 4.37. The number of halogens is 1. The van der Waals surface area contributed by atoms with E-state index in [0.29, 0.717) is 6.54 Å². The summed E-state index contributed by atoms with van der Waals surface area (Å²) in [5.41, 5.74) is 0.222. The lowest BCUT2D eigenvalue weighted by molar-refractivity contribution is -0.402. The summed E-state index contributed by atoms with van der Waals surface area (Å²) in [5.74, 6) is -0.569. The SMILES string of the molecule is Cl.O=C(c1ccc([N+](=O)[O-])o1)N1CCC2(CCNCC2)C1. The zero-order valence-corrected chi connectivity index (χ0v) is 12.4. The van der Waals surface area contributed by atoms with Crippen LogP contribution in [-0.2, 0) is 0 Å². The van der Waals surface area contributed by atoms with Gasteiger partial charge in [-0.1, -0.05) is 0 Å². The summed E-state index contributed by atoms with van der Waals surface area (Å²) in [6.07, 6.45) is 3.16. The van der Waals surface area contributed by atoms with Crippen molar-refractivity contribution < 1.29 is 14.1 Å². The number of furan rings is 1. The zero-order valence-electron chi connectivity index (χ0n) is 11.5. The van der Waals surface area contributed by atoms with E-state index in [0.717, 1.165) is 38.9 Å². The fourth-order valence-corrected chi connectivity index (χ4v) is 3.17. The summed E-state index contributed by atoms with van der Waals surface area (Å²) in [6.45, 7) is 3.41. The van der Waals surface area contributed by atoms with Gasteiger partial charge in [-0.15, -0.1) is 12.4 Å². The van der Waals surface area contributed by atoms with Crippen molar-refractivity contribution >= 4 is 24.2 Å². The molecule has 1 aromatic heterocycles. The number of amides is 1. The first-order chi connectivity index (χ1) is 9.60. The molecular weight excluding hydrogens is 298 g/mol. The van der Waals surface area contributed by atoms with Gasteiger partial charge in [-0.25, -0.2) is 0 Å². The molecule has 0 saturated carbocycles. The number of hydrogen-bond donors (Lipinski definition) is 1. The van der Waals surface area contributed by atoms with Crippen LogP contribution in [0.5, 0.6) is 0 Å². The Labute approximate surface area is 128 Å². The fourth-order valence-electron chi connectivity index (χ4n) is 3.17. The van der Waals surface area contributed by atoms with Crippen molar-refractivity contribution in [1.82, 2.24) is 10.2 Å². The second-order valence-corrected chi connectivity index (χ2v) is 5.62. The van der Waals surface area contributed by atoms with E-state index in [1.54, 1.807) is 4.90 Å². The summed E-state index contributed by atoms with van der Waals surface area (Å²) >= 11 is 0. The minimum atomic E-state index is -0.630. The normalized spacial score (nSPS) is 20.3. The molecule has 3 rings (SSSR count). The van der Waals surface area contributed by atoms with E-state index in [1.807, 2.05) is 0 Å². The molecule has 2 saturated heterocycles. The molecule has 3 heterocycles. The van der Waals surface area contributed by atoms with Crippen molar-refractivity contribution in [2.45, 2.75) is 19.3 Å². The predicted molar refractivity (Wildman–Crippen MR) is 77.7 cm³/mol. The van der Waals surface area contributed by atoms with E-state index in [-0.39, 0.29) is 35.4 Å². The van der Waals surface area contributed by atoms with Crippen LogP contribution < -0.4 is 5.32 Å². The van der Waals surface area contributed by atoms with Crippen molar-refractivity contribution in [3.05, 3.63) is 28.0 Å². The van der Waals surface area contributed by atoms with E-state index < -0.39 is 4.92 Å². The van der Waals surface area contributed by atoms with Crippen LogP contribution in [0.2, 0.25) is 0 Å². The van der Waals surface area contributed by atoms with Gasteiger partial charge in [0.05, 0.1) is 6.07 Å². The van der Waals surface area contributed by atoms with Crippen molar-refractivity contribution in [3.8, 4) is 0 Å². The molecule has 21 heavy (non-hydrogen) atoms. The lowest BCUT2D eigenvalue weighted by atomic mass is 9.78. The van der Waals surface area contributed by atoms with Crippen molar-refractivity contribution in [1.29, 1.82) is 0 Å². The van der Waals surface area contributed by atoms with Gasteiger partial charge in [0.2, 0.25) is 0 Å². The lowest BCUT2D eigenvalue weighted by Gasteiger charge is -2.33. The topological polar surface area (TPSA) is 88.6 Å². The molecule has 7 nitrogen and oxygen atoms in total. The Morgan fingerprint density at radius 2 is 2.05 bits per heavy atom. The van der Waals surface area contributed by atoms with Crippen molar-refractivity contribution in [2.24, 2.45) is 5.41 Å². The molecule has 0 aliphatic carbocycles. The molecule has 1 aromatic rings. The molecular formula is C13H18ClN3O4. The zero-order chi connectivity index (χ0) is 14.2. The Balaban J connectivity index is 0.00000161. The minimum Gasteiger partial charge on any atom is -0.395 e. The van der Waals surface area contributed by atoms with E-state index in [2.05, 4.69) is 5.32 Å². The van der Waals surface area contributed by atoms with Crippen LogP contribution in [0.25, 0.3) is 0 Å². The first-order valence-electron chi connectivity index (χ1n) is 6.84. The minimum absolute atomic E-state index is 0. The average molecular weight is 316 g/mol. The van der Waals surface area contributed by atoms with Gasteiger partial charge < -0.3 is 14.6 Å². The molecule has 0 atom stereocenters. The number of carbonyl (C=O) groups is 1. The van der Waals surface area contributed by atoms with E-state index in [4.69, 9.17) is 4.42 Å². The largest absolute Gasteiger partial charge is 0.433 e. The lowest BCUT2D eigenvalue weighted by Crippen LogP contribution is -2.39. The number of nitro groups is 1. The molecule has 1 spiro atoms. The standard InChI is InChI=1S/C13H17N3O4.ClH/c17-12(10-1-2-11(20-10)16(18)19)15-8-5-13(9-15)3-6-14-7-4-13;/h1-2,14H,3-9H2;1H. The maximum absolute atomic E-state index is 12.3. The summed E-state index contributed by atoms with van der Waals surface area (Å²) in [4.78, 5) is 24.0. The number of nitrogens with zero attached hydrogens (tertiary/aromatic N) is 2. The highest BCUT2D eigenvalue weighted by molar-refractivity contribution is 5.92. The fraction of sp³-hybridized carbons (Fsp3) is 0.615. The Morgan fingerprint density at radius 1 is 1.33 bits per heavy atom. The maximum atomic E-state index is 12.3. The van der Waals surface area contributed by atoms with Gasteiger partial charge in [0.1, 0.15) is 4.92 Å². The molecule has 0 aromatic carbocycles. The third kappa shape index (κ3) is 3.03. The quantitative estimate of drug-likeness (QED) is 0.664. The predicted octanol–water partition coefficient (Wildman–Crippen LogP) is 1.83. The van der Waals surface area contributed by atoms with Gasteiger partial charge in [-0.2, -0.15) is 0 Å². The van der Waals surface area contributed by atoms with Crippen LogP contribution in [-0.4, -0.2) is 41.9 Å². The van der Waals surface area contributed by atoms with Crippen LogP contribution in [0, 0.1) is 15.5 Å². The summed E-state index contributed by atoms with van der Waals surface area (Å²) in [7, 11) is 0. The van der Waals surface area contributed by atoms with E-state index in [9.17, 15) is 14.9 Å². The second-order valence-electron chi connectivity index (χ2n) is 5.62. The van der Waals surface area contributed by atoms with Crippen LogP contribution in [0.4, 0.5) is 5.88 Å². The van der Waals surface area contributed by atoms with E-state index in [1.165, 1.54) is 12.1 Å². The third-order valence-corrected chi connectivity index (χ3v) is 4.37. The summed E-state index contributed by atoms with van der Waals surface area (Å²) in [5, 5.41) is 13.9. The monoisotopic (exact) mass is 315 g/mol. The first kappa shape index (κ1) is 15.8. The smallest absolute Gasteiger partial charge is 0.395 e. The van der Waals surface area contributed by atoms with Crippen molar-refractivity contribution in [2.75, 3.05) is 26.2 Å². The number of likely N-dealkylation sites (tertiary alicyclic amines) is 1. The molecule has 1 amide bonds. The molecule has 0 unspecified atom stereocenters. The van der Waals surface area contributed by atoms with Gasteiger partial charge in [-0.3, -0.25) is 14.9 Å². The first-order valence-corrected chi connectivity index (χ1v) is 6.84. The Kier molecular flexibility index (Phi) is 4.53. The van der Waals surface area contributed by atoms with E-state index >= 15 is 0 Å². The summed E-state index contributed by atoms with van der Waals surface area (Å²) in [6, 6.07) is 2.61. The second kappa shape index (κ2) is 6.03. The molecule has 1 N–H and O–H groups in total. The van der Waals surface area contributed by atoms with Gasteiger partial charge in [0, 0.05) is 13.1 Å². The highest BCUT2D eigenvalue weighted by atomic mass is 35.5. The van der Waals surface area contributed by atoms with Gasteiger partial charge >= 0.3 is 5.88 Å². The molecule has 0 radical (unpaired) electrons. The van der Waals surface area contributed by atoms with Crippen LogP contribution in [0.3, 0.4) is 0 Å². The number of hydrogen-bond acceptors (Lipinski definition) is 5. The Bertz CT molecular complexity index is 539. The number of piperidine rings is 1. The summed E-state index contributed by atoms with van der Waals surface area (Å²) < 4.78 is 4.99. The molecule has 2 aliphatic heterocycles. The molecule has 2 aliphatic rings. The van der Waals surface area contributed by atoms with Gasteiger partial charge in [0.15, 0.2) is 5.76 Å². The highest BCUT2D eigenvalue weighted by Gasteiger charge is 2.41. The van der Waals surface area contributed by atoms with Crippen molar-refractivity contribution in [3.63, 3.8) is 0 Å². The molecule has 116 valence electrons. The Hall–Kier alpha value is -1.60. The molecule has 2 fully saturated rings. The number of nitrogens with one attached hydrogen (secondary N) is 1. The molecule has 8 heteroatoms. The number of carbonyl (C=O) groups excluding carboxylic acids is 1. The van der Waals surface area contributed by atoms with Crippen LogP contribution in [0.1, 0.15) is 29.8 Å². The van der Waals surface area contributed by atoms with Crippen LogP contribution >= 0.6 is 12.4 Å². The van der Waals surface area contributed by atoms with Gasteiger partial charge in [-0.05, 0) is 43.8 Å². The molecule has 0 bridgehead atoms.